The van der Waals surface area contributed by atoms with Crippen molar-refractivity contribution in [2.45, 2.75) is 19.3 Å². The maximum Gasteiger partial charge on any atom is 0.342 e. The molecule has 1 aromatic carbocycles. The minimum absolute atomic E-state index is 0.0758. The van der Waals surface area contributed by atoms with Crippen molar-refractivity contribution < 1.29 is 9.63 Å². The van der Waals surface area contributed by atoms with E-state index in [0.29, 0.717) is 12.1 Å². The maximum absolute atomic E-state index is 12.1. The van der Waals surface area contributed by atoms with Gasteiger partial charge in [0.25, 0.3) is 0 Å². The van der Waals surface area contributed by atoms with Crippen molar-refractivity contribution in [3.05, 3.63) is 66.0 Å². The third-order valence-corrected chi connectivity index (χ3v) is 3.06. The summed E-state index contributed by atoms with van der Waals surface area (Å²) in [5.41, 5.74) is 7.10. The van der Waals surface area contributed by atoms with Gasteiger partial charge in [-0.1, -0.05) is 48.5 Å². The molecule has 0 saturated heterocycles. The molecule has 0 saturated carbocycles. The molecular weight excluding hydrogens is 266 g/mol. The van der Waals surface area contributed by atoms with E-state index < -0.39 is 5.97 Å². The Morgan fingerprint density at radius 3 is 2.57 bits per heavy atom. The van der Waals surface area contributed by atoms with Gasteiger partial charge >= 0.3 is 5.97 Å². The summed E-state index contributed by atoms with van der Waals surface area (Å²) in [6.45, 7) is 1.92. The molecule has 2 N–H and O–H groups in total. The number of pyridine rings is 1. The maximum atomic E-state index is 12.1. The van der Waals surface area contributed by atoms with Crippen molar-refractivity contribution in [1.82, 2.24) is 4.98 Å². The third-order valence-electron chi connectivity index (χ3n) is 3.06. The Morgan fingerprint density at radius 2 is 1.95 bits per heavy atom. The standard InChI is InChI=1S/C16H17N3O2/c1-2-13(12-8-4-3-5-9-12)16(20)21-19-15(17)14-10-6-7-11-18-14/h3-11,13H,2H2,1H3,(H2,17,19). The highest BCUT2D eigenvalue weighted by Gasteiger charge is 2.20. The van der Waals surface area contributed by atoms with E-state index in [2.05, 4.69) is 10.1 Å². The first-order valence-electron chi connectivity index (χ1n) is 6.73. The van der Waals surface area contributed by atoms with Crippen molar-refractivity contribution in [3.8, 4) is 0 Å². The molecule has 0 aliphatic heterocycles. The van der Waals surface area contributed by atoms with E-state index >= 15 is 0 Å². The number of nitrogens with zero attached hydrogens (tertiary/aromatic N) is 2. The van der Waals surface area contributed by atoms with Gasteiger partial charge in [0, 0.05) is 6.20 Å². The molecule has 2 aromatic rings. The lowest BCUT2D eigenvalue weighted by molar-refractivity contribution is -0.145. The topological polar surface area (TPSA) is 77.6 Å². The highest BCUT2D eigenvalue weighted by Crippen LogP contribution is 2.20. The molecule has 21 heavy (non-hydrogen) atoms. The van der Waals surface area contributed by atoms with Gasteiger partial charge in [0.15, 0.2) is 5.84 Å². The average molecular weight is 283 g/mol. The average Bonchev–Trinajstić information content (AvgIpc) is 2.55. The van der Waals surface area contributed by atoms with Crippen molar-refractivity contribution in [3.63, 3.8) is 0 Å². The van der Waals surface area contributed by atoms with Crippen LogP contribution < -0.4 is 5.73 Å². The van der Waals surface area contributed by atoms with E-state index in [1.54, 1.807) is 24.4 Å². The van der Waals surface area contributed by atoms with Crippen LogP contribution in [-0.2, 0) is 9.63 Å². The van der Waals surface area contributed by atoms with Crippen LogP contribution >= 0.6 is 0 Å². The lowest BCUT2D eigenvalue weighted by Crippen LogP contribution is -2.19. The Labute approximate surface area is 123 Å². The summed E-state index contributed by atoms with van der Waals surface area (Å²) in [4.78, 5) is 21.1. The molecule has 0 aliphatic carbocycles. The number of hydrogen-bond acceptors (Lipinski definition) is 4. The Kier molecular flexibility index (Phi) is 5.04. The van der Waals surface area contributed by atoms with Crippen LogP contribution in [-0.4, -0.2) is 16.8 Å². The minimum Gasteiger partial charge on any atom is -0.379 e. The number of hydrogen-bond donors (Lipinski definition) is 1. The van der Waals surface area contributed by atoms with Gasteiger partial charge in [-0.25, -0.2) is 4.79 Å². The van der Waals surface area contributed by atoms with Crippen LogP contribution in [0.15, 0.2) is 59.9 Å². The summed E-state index contributed by atoms with van der Waals surface area (Å²) in [5, 5.41) is 3.67. The molecule has 108 valence electrons. The van der Waals surface area contributed by atoms with Crippen LogP contribution in [0.1, 0.15) is 30.5 Å². The van der Waals surface area contributed by atoms with Gasteiger partial charge < -0.3 is 10.6 Å². The van der Waals surface area contributed by atoms with Gasteiger partial charge in [-0.3, -0.25) is 4.98 Å². The van der Waals surface area contributed by atoms with Gasteiger partial charge in [-0.2, -0.15) is 0 Å². The summed E-state index contributed by atoms with van der Waals surface area (Å²) in [6.07, 6.45) is 2.22. The molecule has 0 amide bonds. The Hall–Kier alpha value is -2.69. The Morgan fingerprint density at radius 1 is 1.24 bits per heavy atom. The van der Waals surface area contributed by atoms with Gasteiger partial charge in [-0.15, -0.1) is 0 Å². The van der Waals surface area contributed by atoms with Crippen LogP contribution in [0.5, 0.6) is 0 Å². The fraction of sp³-hybridized carbons (Fsp3) is 0.188. The number of carbonyl (C=O) groups excluding carboxylic acids is 1. The molecule has 0 aliphatic rings. The number of carbonyl (C=O) groups is 1. The first kappa shape index (κ1) is 14.7. The normalized spacial score (nSPS) is 12.7. The monoisotopic (exact) mass is 283 g/mol. The molecule has 0 fully saturated rings. The summed E-state index contributed by atoms with van der Waals surface area (Å²) in [7, 11) is 0. The summed E-state index contributed by atoms with van der Waals surface area (Å²) in [6, 6.07) is 14.7. The van der Waals surface area contributed by atoms with Crippen molar-refractivity contribution in [1.29, 1.82) is 0 Å². The van der Waals surface area contributed by atoms with E-state index in [1.165, 1.54) is 0 Å². The summed E-state index contributed by atoms with van der Waals surface area (Å²) < 4.78 is 0. The van der Waals surface area contributed by atoms with Crippen LogP contribution in [0.4, 0.5) is 0 Å². The zero-order valence-corrected chi connectivity index (χ0v) is 11.8. The van der Waals surface area contributed by atoms with Gasteiger partial charge in [0.2, 0.25) is 0 Å². The molecular formula is C16H17N3O2. The zero-order chi connectivity index (χ0) is 15.1. The van der Waals surface area contributed by atoms with E-state index in [-0.39, 0.29) is 11.8 Å². The fourth-order valence-electron chi connectivity index (χ4n) is 1.94. The molecule has 0 bridgehead atoms. The van der Waals surface area contributed by atoms with Crippen LogP contribution in [0.25, 0.3) is 0 Å². The first-order valence-corrected chi connectivity index (χ1v) is 6.73. The molecule has 1 heterocycles. The highest BCUT2D eigenvalue weighted by atomic mass is 16.7. The first-order chi connectivity index (χ1) is 10.2. The van der Waals surface area contributed by atoms with Crippen molar-refractivity contribution >= 4 is 11.8 Å². The van der Waals surface area contributed by atoms with Crippen molar-refractivity contribution in [2.24, 2.45) is 10.9 Å². The Balaban J connectivity index is 2.07. The number of benzene rings is 1. The van der Waals surface area contributed by atoms with Gasteiger partial charge in [-0.05, 0) is 24.1 Å². The summed E-state index contributed by atoms with van der Waals surface area (Å²) >= 11 is 0. The van der Waals surface area contributed by atoms with E-state index in [1.807, 2.05) is 37.3 Å². The summed E-state index contributed by atoms with van der Waals surface area (Å²) in [5.74, 6) is -0.707. The lowest BCUT2D eigenvalue weighted by atomic mass is 9.97. The van der Waals surface area contributed by atoms with Crippen LogP contribution in [0.3, 0.4) is 0 Å². The van der Waals surface area contributed by atoms with Crippen LogP contribution in [0.2, 0.25) is 0 Å². The predicted octanol–water partition coefficient (Wildman–Crippen LogP) is 2.44. The Bertz CT molecular complexity index is 612. The van der Waals surface area contributed by atoms with Gasteiger partial charge in [0.1, 0.15) is 5.69 Å². The number of oxime groups is 1. The second kappa shape index (κ2) is 7.19. The van der Waals surface area contributed by atoms with E-state index in [0.717, 1.165) is 5.56 Å². The van der Waals surface area contributed by atoms with E-state index in [9.17, 15) is 4.79 Å². The predicted molar refractivity (Wildman–Crippen MR) is 80.5 cm³/mol. The number of nitrogens with two attached hydrogens (primary N) is 1. The lowest BCUT2D eigenvalue weighted by Gasteiger charge is -2.11. The largest absolute Gasteiger partial charge is 0.379 e. The molecule has 2 rings (SSSR count). The molecule has 0 radical (unpaired) electrons. The number of aromatic nitrogens is 1. The molecule has 1 aromatic heterocycles. The van der Waals surface area contributed by atoms with Crippen molar-refractivity contribution in [2.75, 3.05) is 0 Å². The van der Waals surface area contributed by atoms with Gasteiger partial charge in [0.05, 0.1) is 5.92 Å². The fourth-order valence-corrected chi connectivity index (χ4v) is 1.94. The van der Waals surface area contributed by atoms with Crippen LogP contribution in [0, 0.1) is 0 Å². The second-order valence-corrected chi connectivity index (χ2v) is 4.47. The zero-order valence-electron chi connectivity index (χ0n) is 11.8. The highest BCUT2D eigenvalue weighted by molar-refractivity contribution is 5.95. The quantitative estimate of drug-likeness (QED) is 0.396. The molecule has 5 nitrogen and oxygen atoms in total. The molecule has 1 atom stereocenters. The molecule has 0 spiro atoms. The molecule has 1 unspecified atom stereocenters. The molecule has 5 heteroatoms. The smallest absolute Gasteiger partial charge is 0.342 e. The number of amidine groups is 1. The van der Waals surface area contributed by atoms with E-state index in [4.69, 9.17) is 10.6 Å². The minimum atomic E-state index is -0.428. The third kappa shape index (κ3) is 3.89. The second-order valence-electron chi connectivity index (χ2n) is 4.47. The SMILES string of the molecule is CCC(C(=O)ON=C(N)c1ccccn1)c1ccccc1. The number of rotatable bonds is 5.